The second-order valence-corrected chi connectivity index (χ2v) is 7.19. The van der Waals surface area contributed by atoms with Crippen molar-refractivity contribution in [3.63, 3.8) is 0 Å². The van der Waals surface area contributed by atoms with E-state index in [-0.39, 0.29) is 0 Å². The molecule has 2 aromatic carbocycles. The third-order valence-electron chi connectivity index (χ3n) is 5.34. The summed E-state index contributed by atoms with van der Waals surface area (Å²) in [7, 11) is 0. The molecule has 0 radical (unpaired) electrons. The van der Waals surface area contributed by atoms with E-state index in [2.05, 4.69) is 23.1 Å². The Morgan fingerprint density at radius 3 is 2.36 bits per heavy atom. The molecule has 1 fully saturated rings. The van der Waals surface area contributed by atoms with Crippen LogP contribution in [0.5, 0.6) is 0 Å². The summed E-state index contributed by atoms with van der Waals surface area (Å²) in [5, 5.41) is 0. The second kappa shape index (κ2) is 7.36. The van der Waals surface area contributed by atoms with E-state index in [1.54, 1.807) is 0 Å². The lowest BCUT2D eigenvalue weighted by atomic mass is 9.94. The number of fused-ring (bicyclic) bond motifs is 1. The maximum absolute atomic E-state index is 12.8. The number of hydrogen-bond donors (Lipinski definition) is 1. The molecule has 1 saturated heterocycles. The molecule has 0 spiro atoms. The third-order valence-corrected chi connectivity index (χ3v) is 5.34. The number of alkyl halides is 3. The van der Waals surface area contributed by atoms with Gasteiger partial charge in [0, 0.05) is 31.9 Å². The lowest BCUT2D eigenvalue weighted by Crippen LogP contribution is -2.39. The van der Waals surface area contributed by atoms with Gasteiger partial charge in [-0.05, 0) is 47.4 Å². The van der Waals surface area contributed by atoms with Gasteiger partial charge in [0.05, 0.1) is 5.56 Å². The summed E-state index contributed by atoms with van der Waals surface area (Å²) in [4.78, 5) is 4.28. The molecule has 28 heavy (non-hydrogen) atoms. The van der Waals surface area contributed by atoms with Gasteiger partial charge < -0.3 is 10.6 Å². The quantitative estimate of drug-likeness (QED) is 0.843. The normalized spacial score (nSPS) is 18.1. The maximum atomic E-state index is 12.8. The molecule has 0 amide bonds. The highest BCUT2D eigenvalue weighted by atomic mass is 19.4. The first-order valence-electron chi connectivity index (χ1n) is 9.31. The Morgan fingerprint density at radius 1 is 0.964 bits per heavy atom. The summed E-state index contributed by atoms with van der Waals surface area (Å²) in [5.41, 5.74) is 10.1. The summed E-state index contributed by atoms with van der Waals surface area (Å²) in [5.74, 6) is 0.650. The van der Waals surface area contributed by atoms with Crippen molar-refractivity contribution < 1.29 is 13.2 Å². The van der Waals surface area contributed by atoms with Crippen molar-refractivity contribution in [3.8, 4) is 0 Å². The Balaban J connectivity index is 1.48. The fourth-order valence-corrected chi connectivity index (χ4v) is 3.84. The van der Waals surface area contributed by atoms with Gasteiger partial charge in [-0.25, -0.2) is 0 Å². The lowest BCUT2D eigenvalue weighted by molar-refractivity contribution is -0.137. The first-order chi connectivity index (χ1) is 13.4. The zero-order valence-corrected chi connectivity index (χ0v) is 15.4. The summed E-state index contributed by atoms with van der Waals surface area (Å²) in [6.07, 6.45) is -1.36. The highest BCUT2D eigenvalue weighted by Gasteiger charge is 2.31. The molecule has 146 valence electrons. The lowest BCUT2D eigenvalue weighted by Gasteiger charge is -2.37. The number of halogens is 3. The van der Waals surface area contributed by atoms with Crippen LogP contribution in [0.1, 0.15) is 17.5 Å². The topological polar surface area (TPSA) is 32.5 Å². The van der Waals surface area contributed by atoms with Crippen LogP contribution in [0.3, 0.4) is 0 Å². The minimum Gasteiger partial charge on any atom is -0.385 e. The van der Waals surface area contributed by atoms with Gasteiger partial charge in [-0.1, -0.05) is 36.4 Å². The smallest absolute Gasteiger partial charge is 0.385 e. The minimum absolute atomic E-state index is 0.565. The molecule has 3 nitrogen and oxygen atoms in total. The van der Waals surface area contributed by atoms with E-state index in [0.717, 1.165) is 43.8 Å². The molecule has 0 aliphatic carbocycles. The summed E-state index contributed by atoms with van der Waals surface area (Å²) < 4.78 is 38.4. The van der Waals surface area contributed by atoms with Gasteiger partial charge in [0.15, 0.2) is 0 Å². The van der Waals surface area contributed by atoms with Gasteiger partial charge in [-0.3, -0.25) is 4.90 Å². The van der Waals surface area contributed by atoms with Crippen LogP contribution in [0.2, 0.25) is 0 Å². The van der Waals surface area contributed by atoms with Crippen LogP contribution >= 0.6 is 0 Å². The zero-order chi connectivity index (χ0) is 19.7. The van der Waals surface area contributed by atoms with Crippen molar-refractivity contribution in [1.29, 1.82) is 0 Å². The largest absolute Gasteiger partial charge is 0.416 e. The van der Waals surface area contributed by atoms with E-state index in [9.17, 15) is 13.2 Å². The SMILES string of the molecule is NC1=C2CCN(Cc3ccccc3)CC2=CCN1c1ccc(C(F)(F)F)cc1. The van der Waals surface area contributed by atoms with Crippen LogP contribution in [0.15, 0.2) is 77.6 Å². The van der Waals surface area contributed by atoms with E-state index in [0.29, 0.717) is 18.1 Å². The third kappa shape index (κ3) is 3.78. The highest BCUT2D eigenvalue weighted by Crippen LogP contribution is 2.34. The first kappa shape index (κ1) is 18.6. The summed E-state index contributed by atoms with van der Waals surface area (Å²) in [6, 6.07) is 15.5. The molecule has 0 unspecified atom stereocenters. The minimum atomic E-state index is -4.33. The van der Waals surface area contributed by atoms with Crippen molar-refractivity contribution in [1.82, 2.24) is 4.90 Å². The predicted octanol–water partition coefficient (Wildman–Crippen LogP) is 4.53. The standard InChI is InChI=1S/C22H22F3N3/c23-22(24,25)18-6-8-19(9-7-18)28-13-10-17-15-27(12-11-20(17)21(28)26)14-16-4-2-1-3-5-16/h1-10H,11-15,26H2. The van der Waals surface area contributed by atoms with Crippen LogP contribution in [0.25, 0.3) is 0 Å². The molecule has 2 aliphatic heterocycles. The van der Waals surface area contributed by atoms with Crippen molar-refractivity contribution in [2.45, 2.75) is 19.1 Å². The fraction of sp³-hybridized carbons (Fsp3) is 0.273. The van der Waals surface area contributed by atoms with Crippen molar-refractivity contribution >= 4 is 5.69 Å². The monoisotopic (exact) mass is 385 g/mol. The highest BCUT2D eigenvalue weighted by molar-refractivity contribution is 5.59. The van der Waals surface area contributed by atoms with Crippen LogP contribution < -0.4 is 10.6 Å². The van der Waals surface area contributed by atoms with Gasteiger partial charge >= 0.3 is 6.18 Å². The van der Waals surface area contributed by atoms with Gasteiger partial charge in [0.1, 0.15) is 5.82 Å². The average molecular weight is 385 g/mol. The van der Waals surface area contributed by atoms with Crippen LogP contribution in [0.4, 0.5) is 18.9 Å². The Morgan fingerprint density at radius 2 is 1.68 bits per heavy atom. The van der Waals surface area contributed by atoms with E-state index < -0.39 is 11.7 Å². The molecular formula is C22H22F3N3. The maximum Gasteiger partial charge on any atom is 0.416 e. The fourth-order valence-electron chi connectivity index (χ4n) is 3.84. The molecule has 2 N–H and O–H groups in total. The van der Waals surface area contributed by atoms with E-state index >= 15 is 0 Å². The number of benzene rings is 2. The molecule has 6 heteroatoms. The van der Waals surface area contributed by atoms with E-state index in [1.807, 2.05) is 23.1 Å². The van der Waals surface area contributed by atoms with Gasteiger partial charge in [0.25, 0.3) is 0 Å². The molecule has 2 aromatic rings. The summed E-state index contributed by atoms with van der Waals surface area (Å²) >= 11 is 0. The first-order valence-corrected chi connectivity index (χ1v) is 9.31. The number of likely N-dealkylation sites (tertiary alicyclic amines) is 1. The zero-order valence-electron chi connectivity index (χ0n) is 15.4. The van der Waals surface area contributed by atoms with Crippen molar-refractivity contribution in [3.05, 3.63) is 88.8 Å². The molecule has 4 rings (SSSR count). The van der Waals surface area contributed by atoms with Crippen LogP contribution in [-0.2, 0) is 12.7 Å². The van der Waals surface area contributed by atoms with Crippen molar-refractivity contribution in [2.24, 2.45) is 5.73 Å². The number of hydrogen-bond acceptors (Lipinski definition) is 3. The number of piperidine rings is 1. The molecule has 0 saturated carbocycles. The van der Waals surface area contributed by atoms with Gasteiger partial charge in [-0.2, -0.15) is 13.2 Å². The molecular weight excluding hydrogens is 363 g/mol. The molecule has 2 heterocycles. The van der Waals surface area contributed by atoms with Crippen LogP contribution in [0, 0.1) is 0 Å². The molecule has 2 aliphatic rings. The van der Waals surface area contributed by atoms with Gasteiger partial charge in [0.2, 0.25) is 0 Å². The van der Waals surface area contributed by atoms with E-state index in [4.69, 9.17) is 5.73 Å². The van der Waals surface area contributed by atoms with E-state index in [1.165, 1.54) is 23.3 Å². The van der Waals surface area contributed by atoms with Gasteiger partial charge in [-0.15, -0.1) is 0 Å². The average Bonchev–Trinajstić information content (AvgIpc) is 2.68. The van der Waals surface area contributed by atoms with Crippen LogP contribution in [-0.4, -0.2) is 24.5 Å². The Labute approximate surface area is 162 Å². The Hall–Kier alpha value is -2.73. The molecule has 0 bridgehead atoms. The Bertz CT molecular complexity index is 899. The number of nitrogens with zero attached hydrogens (tertiary/aromatic N) is 2. The number of nitrogens with two attached hydrogens (primary N) is 1. The molecule has 0 atom stereocenters. The summed E-state index contributed by atoms with van der Waals surface area (Å²) in [6.45, 7) is 3.21. The second-order valence-electron chi connectivity index (χ2n) is 7.19. The molecule has 0 aromatic heterocycles. The Kier molecular flexibility index (Phi) is 4.89. The predicted molar refractivity (Wildman–Crippen MR) is 104 cm³/mol. The van der Waals surface area contributed by atoms with Crippen molar-refractivity contribution in [2.75, 3.05) is 24.5 Å². The number of rotatable bonds is 3. The number of anilines is 1.